The van der Waals surface area contributed by atoms with Crippen LogP contribution in [0.25, 0.3) is 6.08 Å². The van der Waals surface area contributed by atoms with Gasteiger partial charge >= 0.3 is 5.97 Å². The molecule has 0 aliphatic carbocycles. The highest BCUT2D eigenvalue weighted by molar-refractivity contribution is 5.92. The van der Waals surface area contributed by atoms with E-state index in [-0.39, 0.29) is 0 Å². The lowest BCUT2D eigenvalue weighted by molar-refractivity contribution is 0.0696. The van der Waals surface area contributed by atoms with Gasteiger partial charge in [-0.25, -0.2) is 4.79 Å². The predicted molar refractivity (Wildman–Crippen MR) is 48.1 cm³/mol. The summed E-state index contributed by atoms with van der Waals surface area (Å²) >= 11 is 0. The number of benzene rings is 1. The Kier molecular flexibility index (Phi) is 2.64. The molecule has 0 amide bonds. The summed E-state index contributed by atoms with van der Waals surface area (Å²) in [4.78, 5) is 10.7. The lowest BCUT2D eigenvalue weighted by Crippen LogP contribution is -1.98. The molecule has 0 unspecified atom stereocenters. The summed E-state index contributed by atoms with van der Waals surface area (Å²) in [5.41, 5.74) is 1.09. The fourth-order valence-corrected chi connectivity index (χ4v) is 1.02. The largest absolute Gasteiger partial charge is 0.478 e. The molecule has 0 heterocycles. The summed E-state index contributed by atoms with van der Waals surface area (Å²) < 4.78 is 0. The number of carboxylic acids is 1. The van der Waals surface area contributed by atoms with E-state index < -0.39 is 5.97 Å². The zero-order valence-electron chi connectivity index (χ0n) is 6.82. The first-order chi connectivity index (χ1) is 5.75. The summed E-state index contributed by atoms with van der Waals surface area (Å²) in [6, 6.07) is 6.92. The summed E-state index contributed by atoms with van der Waals surface area (Å²) in [7, 11) is 0. The molecule has 62 valence electrons. The van der Waals surface area contributed by atoms with Crippen molar-refractivity contribution in [1.29, 1.82) is 0 Å². The molecule has 0 atom stereocenters. The molecule has 0 aliphatic heterocycles. The normalized spacial score (nSPS) is 10.4. The highest BCUT2D eigenvalue weighted by Gasteiger charge is 2.04. The molecule has 0 saturated carbocycles. The maximum absolute atomic E-state index is 10.7. The standard InChI is InChI=1S/C10H10O2/c1-2-5-8-6-3-4-7-9(8)10(11)12/h2-7H,1H3,(H,11,12)/b5-2+. The molecule has 1 aromatic carbocycles. The van der Waals surface area contributed by atoms with E-state index >= 15 is 0 Å². The molecule has 0 aliphatic rings. The van der Waals surface area contributed by atoms with Crippen molar-refractivity contribution in [3.63, 3.8) is 0 Å². The van der Waals surface area contributed by atoms with Gasteiger partial charge in [0.05, 0.1) is 5.56 Å². The van der Waals surface area contributed by atoms with Crippen molar-refractivity contribution >= 4 is 12.0 Å². The zero-order chi connectivity index (χ0) is 8.97. The Morgan fingerprint density at radius 2 is 2.08 bits per heavy atom. The zero-order valence-corrected chi connectivity index (χ0v) is 6.82. The van der Waals surface area contributed by atoms with E-state index in [1.54, 1.807) is 24.3 Å². The summed E-state index contributed by atoms with van der Waals surface area (Å²) in [6.45, 7) is 1.86. The molecule has 0 fully saturated rings. The van der Waals surface area contributed by atoms with E-state index in [1.807, 2.05) is 19.1 Å². The second kappa shape index (κ2) is 3.72. The molecule has 0 bridgehead atoms. The van der Waals surface area contributed by atoms with Gasteiger partial charge in [0.1, 0.15) is 0 Å². The first-order valence-corrected chi connectivity index (χ1v) is 3.70. The third-order valence-corrected chi connectivity index (χ3v) is 1.54. The van der Waals surface area contributed by atoms with Crippen molar-refractivity contribution < 1.29 is 9.90 Å². The van der Waals surface area contributed by atoms with Crippen LogP contribution in [0.4, 0.5) is 0 Å². The van der Waals surface area contributed by atoms with Crippen LogP contribution >= 0.6 is 0 Å². The number of carbonyl (C=O) groups is 1. The Labute approximate surface area is 71.2 Å². The molecule has 0 spiro atoms. The molecule has 1 aromatic rings. The molecule has 12 heavy (non-hydrogen) atoms. The molecule has 0 saturated heterocycles. The third kappa shape index (κ3) is 1.72. The van der Waals surface area contributed by atoms with E-state index in [1.165, 1.54) is 0 Å². The summed E-state index contributed by atoms with van der Waals surface area (Å²) in [5, 5.41) is 8.76. The Balaban J connectivity index is 3.17. The lowest BCUT2D eigenvalue weighted by atomic mass is 10.1. The molecular weight excluding hydrogens is 152 g/mol. The second-order valence-electron chi connectivity index (χ2n) is 2.39. The van der Waals surface area contributed by atoms with E-state index in [9.17, 15) is 4.79 Å². The lowest BCUT2D eigenvalue weighted by Gasteiger charge is -1.98. The van der Waals surface area contributed by atoms with Crippen LogP contribution in [0.2, 0.25) is 0 Å². The average Bonchev–Trinajstić information content (AvgIpc) is 2.05. The van der Waals surface area contributed by atoms with Crippen LogP contribution in [0.3, 0.4) is 0 Å². The van der Waals surface area contributed by atoms with E-state index in [4.69, 9.17) is 5.11 Å². The van der Waals surface area contributed by atoms with Gasteiger partial charge in [0, 0.05) is 0 Å². The van der Waals surface area contributed by atoms with Crippen LogP contribution in [-0.4, -0.2) is 11.1 Å². The van der Waals surface area contributed by atoms with E-state index in [0.29, 0.717) is 5.56 Å². The topological polar surface area (TPSA) is 37.3 Å². The van der Waals surface area contributed by atoms with Gasteiger partial charge in [0.2, 0.25) is 0 Å². The fraction of sp³-hybridized carbons (Fsp3) is 0.100. The molecule has 0 radical (unpaired) electrons. The second-order valence-corrected chi connectivity index (χ2v) is 2.39. The summed E-state index contributed by atoms with van der Waals surface area (Å²) in [5.74, 6) is -0.885. The number of hydrogen-bond donors (Lipinski definition) is 1. The Bertz CT molecular complexity index is 313. The van der Waals surface area contributed by atoms with Gasteiger partial charge in [-0.05, 0) is 18.6 Å². The number of allylic oxidation sites excluding steroid dienone is 1. The van der Waals surface area contributed by atoms with Crippen molar-refractivity contribution in [3.05, 3.63) is 41.5 Å². The van der Waals surface area contributed by atoms with Crippen molar-refractivity contribution in [1.82, 2.24) is 0 Å². The Morgan fingerprint density at radius 3 is 2.67 bits per heavy atom. The number of hydrogen-bond acceptors (Lipinski definition) is 1. The van der Waals surface area contributed by atoms with Gasteiger partial charge in [-0.3, -0.25) is 0 Å². The van der Waals surface area contributed by atoms with E-state index in [2.05, 4.69) is 0 Å². The van der Waals surface area contributed by atoms with Gasteiger partial charge in [-0.1, -0.05) is 30.4 Å². The Morgan fingerprint density at radius 1 is 1.42 bits per heavy atom. The molecule has 1 N–H and O–H groups in total. The van der Waals surface area contributed by atoms with Gasteiger partial charge in [0.25, 0.3) is 0 Å². The van der Waals surface area contributed by atoms with Crippen LogP contribution in [0.5, 0.6) is 0 Å². The maximum atomic E-state index is 10.7. The van der Waals surface area contributed by atoms with Crippen LogP contribution in [-0.2, 0) is 0 Å². The van der Waals surface area contributed by atoms with Gasteiger partial charge in [-0.15, -0.1) is 0 Å². The molecular formula is C10H10O2. The highest BCUT2D eigenvalue weighted by atomic mass is 16.4. The van der Waals surface area contributed by atoms with Crippen LogP contribution in [0.1, 0.15) is 22.8 Å². The first-order valence-electron chi connectivity index (χ1n) is 3.70. The van der Waals surface area contributed by atoms with Crippen molar-refractivity contribution in [2.24, 2.45) is 0 Å². The van der Waals surface area contributed by atoms with Gasteiger partial charge in [-0.2, -0.15) is 0 Å². The minimum Gasteiger partial charge on any atom is -0.478 e. The van der Waals surface area contributed by atoms with Gasteiger partial charge < -0.3 is 5.11 Å². The quantitative estimate of drug-likeness (QED) is 0.725. The van der Waals surface area contributed by atoms with E-state index in [0.717, 1.165) is 5.56 Å². The SMILES string of the molecule is C/C=C/c1ccccc1C(=O)O. The Hall–Kier alpha value is -1.57. The number of carboxylic acid groups (broad SMARTS) is 1. The van der Waals surface area contributed by atoms with Gasteiger partial charge in [0.15, 0.2) is 0 Å². The average molecular weight is 162 g/mol. The molecule has 1 rings (SSSR count). The third-order valence-electron chi connectivity index (χ3n) is 1.54. The molecule has 2 heteroatoms. The smallest absolute Gasteiger partial charge is 0.336 e. The maximum Gasteiger partial charge on any atom is 0.336 e. The highest BCUT2D eigenvalue weighted by Crippen LogP contribution is 2.10. The first kappa shape index (κ1) is 8.53. The molecule has 2 nitrogen and oxygen atoms in total. The minimum absolute atomic E-state index is 0.343. The van der Waals surface area contributed by atoms with Crippen molar-refractivity contribution in [2.45, 2.75) is 6.92 Å². The van der Waals surface area contributed by atoms with Crippen molar-refractivity contribution in [3.8, 4) is 0 Å². The summed E-state index contributed by atoms with van der Waals surface area (Å²) in [6.07, 6.45) is 3.60. The molecule has 0 aromatic heterocycles. The predicted octanol–water partition coefficient (Wildman–Crippen LogP) is 2.42. The minimum atomic E-state index is -0.885. The van der Waals surface area contributed by atoms with Crippen LogP contribution < -0.4 is 0 Å². The monoisotopic (exact) mass is 162 g/mol. The van der Waals surface area contributed by atoms with Crippen LogP contribution in [0.15, 0.2) is 30.3 Å². The van der Waals surface area contributed by atoms with Crippen LogP contribution in [0, 0.1) is 0 Å². The number of aromatic carboxylic acids is 1. The number of rotatable bonds is 2. The fourth-order valence-electron chi connectivity index (χ4n) is 1.02. The van der Waals surface area contributed by atoms with Crippen molar-refractivity contribution in [2.75, 3.05) is 0 Å².